The molecule has 2 rings (SSSR count). The minimum absolute atomic E-state index is 0.0662. The average Bonchev–Trinajstić information content (AvgIpc) is 2.38. The molecule has 0 atom stereocenters. The van der Waals surface area contributed by atoms with E-state index in [1.807, 2.05) is 0 Å². The van der Waals surface area contributed by atoms with Crippen LogP contribution in [-0.2, 0) is 0 Å². The first kappa shape index (κ1) is 12.8. The van der Waals surface area contributed by atoms with Crippen molar-refractivity contribution in [3.63, 3.8) is 0 Å². The molecular weight excluding hydrogens is 246 g/mol. The maximum absolute atomic E-state index is 11.3. The number of carboxylic acid groups (broad SMARTS) is 1. The van der Waals surface area contributed by atoms with Crippen LogP contribution in [0.1, 0.15) is 15.9 Å². The molecule has 0 aromatic heterocycles. The van der Waals surface area contributed by atoms with E-state index in [1.54, 1.807) is 31.2 Å². The molecule has 2 aromatic rings. The second-order valence-electron chi connectivity index (χ2n) is 4.08. The lowest BCUT2D eigenvalue weighted by Crippen LogP contribution is -2.03. The number of benzene rings is 2. The molecule has 0 aliphatic rings. The van der Waals surface area contributed by atoms with Gasteiger partial charge < -0.3 is 5.11 Å². The van der Waals surface area contributed by atoms with Gasteiger partial charge in [0, 0.05) is 6.07 Å². The number of nitrogens with zero attached hydrogens (tertiary/aromatic N) is 1. The number of rotatable bonds is 3. The van der Waals surface area contributed by atoms with Gasteiger partial charge in [0.15, 0.2) is 0 Å². The maximum atomic E-state index is 11.3. The number of hydrogen-bond acceptors (Lipinski definition) is 3. The van der Waals surface area contributed by atoms with Crippen molar-refractivity contribution >= 4 is 11.7 Å². The van der Waals surface area contributed by atoms with Gasteiger partial charge in [-0.15, -0.1) is 0 Å². The third-order valence-corrected chi connectivity index (χ3v) is 2.88. The van der Waals surface area contributed by atoms with Gasteiger partial charge in [-0.25, -0.2) is 4.79 Å². The highest BCUT2D eigenvalue weighted by molar-refractivity contribution is 5.99. The fourth-order valence-corrected chi connectivity index (χ4v) is 2.01. The summed E-state index contributed by atoms with van der Waals surface area (Å²) in [6, 6.07) is 11.1. The molecule has 0 aliphatic heterocycles. The van der Waals surface area contributed by atoms with Crippen molar-refractivity contribution in [1.29, 1.82) is 0 Å². The molecule has 0 heterocycles. The maximum Gasteiger partial charge on any atom is 0.336 e. The van der Waals surface area contributed by atoms with Gasteiger partial charge in [0.05, 0.1) is 16.1 Å². The molecule has 0 spiro atoms. The summed E-state index contributed by atoms with van der Waals surface area (Å²) in [5.41, 5.74) is 1.24. The van der Waals surface area contributed by atoms with E-state index in [4.69, 9.17) is 0 Å². The fraction of sp³-hybridized carbons (Fsp3) is 0.0714. The van der Waals surface area contributed by atoms with Crippen molar-refractivity contribution in [2.45, 2.75) is 6.92 Å². The number of aromatic carboxylic acids is 1. The van der Waals surface area contributed by atoms with E-state index in [0.717, 1.165) is 5.56 Å². The monoisotopic (exact) mass is 257 g/mol. The Morgan fingerprint density at radius 1 is 1.16 bits per heavy atom. The van der Waals surface area contributed by atoms with Crippen molar-refractivity contribution in [1.82, 2.24) is 0 Å². The summed E-state index contributed by atoms with van der Waals surface area (Å²) >= 11 is 0. The Balaban J connectivity index is 2.83. The summed E-state index contributed by atoms with van der Waals surface area (Å²) in [4.78, 5) is 21.8. The van der Waals surface area contributed by atoms with Crippen LogP contribution < -0.4 is 0 Å². The first-order chi connectivity index (χ1) is 9.02. The zero-order valence-corrected chi connectivity index (χ0v) is 10.2. The quantitative estimate of drug-likeness (QED) is 0.675. The van der Waals surface area contributed by atoms with E-state index >= 15 is 0 Å². The number of carboxylic acids is 1. The molecule has 0 radical (unpaired) electrons. The van der Waals surface area contributed by atoms with Crippen LogP contribution in [0.3, 0.4) is 0 Å². The van der Waals surface area contributed by atoms with Crippen LogP contribution in [0.15, 0.2) is 42.5 Å². The molecule has 0 aliphatic carbocycles. The predicted molar refractivity (Wildman–Crippen MR) is 70.2 cm³/mol. The molecule has 0 unspecified atom stereocenters. The summed E-state index contributed by atoms with van der Waals surface area (Å²) in [5, 5.41) is 20.3. The van der Waals surface area contributed by atoms with E-state index in [9.17, 15) is 20.0 Å². The summed E-state index contributed by atoms with van der Waals surface area (Å²) in [6.07, 6.45) is 0. The highest BCUT2D eigenvalue weighted by Gasteiger charge is 2.23. The molecule has 2 aromatic carbocycles. The number of nitro groups is 1. The van der Waals surface area contributed by atoms with Crippen LogP contribution in [0.4, 0.5) is 5.69 Å². The van der Waals surface area contributed by atoms with Crippen LogP contribution in [-0.4, -0.2) is 16.0 Å². The number of hydrogen-bond donors (Lipinski definition) is 1. The van der Waals surface area contributed by atoms with Gasteiger partial charge in [0.25, 0.3) is 5.69 Å². The molecule has 0 saturated carbocycles. The lowest BCUT2D eigenvalue weighted by molar-refractivity contribution is -0.384. The molecule has 5 nitrogen and oxygen atoms in total. The molecule has 19 heavy (non-hydrogen) atoms. The Bertz CT molecular complexity index is 632. The standard InChI is InChI=1S/C14H11NO4/c1-9-5-2-3-6-10(9)13-11(14(16)17)7-4-8-12(13)15(18)19/h2-8H,1H3,(H,16,17). The van der Waals surface area contributed by atoms with Gasteiger partial charge in [0.2, 0.25) is 0 Å². The second-order valence-corrected chi connectivity index (χ2v) is 4.08. The molecule has 0 fully saturated rings. The number of carbonyl (C=O) groups is 1. The highest BCUT2D eigenvalue weighted by atomic mass is 16.6. The Morgan fingerprint density at radius 2 is 1.84 bits per heavy atom. The second kappa shape index (κ2) is 4.89. The average molecular weight is 257 g/mol. The van der Waals surface area contributed by atoms with Gasteiger partial charge in [-0.05, 0) is 24.1 Å². The van der Waals surface area contributed by atoms with Gasteiger partial charge in [0.1, 0.15) is 0 Å². The van der Waals surface area contributed by atoms with Crippen molar-refractivity contribution in [2.75, 3.05) is 0 Å². The molecule has 96 valence electrons. The molecule has 0 amide bonds. The predicted octanol–water partition coefficient (Wildman–Crippen LogP) is 3.27. The third-order valence-electron chi connectivity index (χ3n) is 2.88. The largest absolute Gasteiger partial charge is 0.478 e. The lowest BCUT2D eigenvalue weighted by atomic mass is 9.94. The SMILES string of the molecule is Cc1ccccc1-c1c(C(=O)O)cccc1[N+](=O)[O-]. The van der Waals surface area contributed by atoms with E-state index in [-0.39, 0.29) is 16.8 Å². The topological polar surface area (TPSA) is 80.4 Å². The zero-order valence-electron chi connectivity index (χ0n) is 10.2. The Kier molecular flexibility index (Phi) is 3.29. The van der Waals surface area contributed by atoms with E-state index in [1.165, 1.54) is 18.2 Å². The van der Waals surface area contributed by atoms with Crippen molar-refractivity contribution in [3.05, 3.63) is 63.7 Å². The summed E-state index contributed by atoms with van der Waals surface area (Å²) in [5.74, 6) is -1.18. The summed E-state index contributed by atoms with van der Waals surface area (Å²) in [6.45, 7) is 1.79. The van der Waals surface area contributed by atoms with Crippen LogP contribution in [0.5, 0.6) is 0 Å². The summed E-state index contributed by atoms with van der Waals surface area (Å²) in [7, 11) is 0. The normalized spacial score (nSPS) is 10.2. The number of aryl methyl sites for hydroxylation is 1. The lowest BCUT2D eigenvalue weighted by Gasteiger charge is -2.09. The van der Waals surface area contributed by atoms with Crippen molar-refractivity contribution in [3.8, 4) is 11.1 Å². The third kappa shape index (κ3) is 2.30. The first-order valence-corrected chi connectivity index (χ1v) is 5.59. The van der Waals surface area contributed by atoms with Crippen LogP contribution in [0, 0.1) is 17.0 Å². The molecule has 5 heteroatoms. The smallest absolute Gasteiger partial charge is 0.336 e. The minimum atomic E-state index is -1.18. The van der Waals surface area contributed by atoms with Gasteiger partial charge in [-0.2, -0.15) is 0 Å². The molecular formula is C14H11NO4. The Hall–Kier alpha value is -2.69. The molecule has 1 N–H and O–H groups in total. The zero-order chi connectivity index (χ0) is 14.0. The van der Waals surface area contributed by atoms with E-state index < -0.39 is 10.9 Å². The highest BCUT2D eigenvalue weighted by Crippen LogP contribution is 2.35. The van der Waals surface area contributed by atoms with Crippen molar-refractivity contribution in [2.24, 2.45) is 0 Å². The summed E-state index contributed by atoms with van der Waals surface area (Å²) < 4.78 is 0. The van der Waals surface area contributed by atoms with E-state index in [0.29, 0.717) is 5.56 Å². The van der Waals surface area contributed by atoms with Crippen LogP contribution in [0.2, 0.25) is 0 Å². The Labute approximate surface area is 109 Å². The van der Waals surface area contributed by atoms with Gasteiger partial charge >= 0.3 is 5.97 Å². The van der Waals surface area contributed by atoms with Crippen molar-refractivity contribution < 1.29 is 14.8 Å². The van der Waals surface area contributed by atoms with E-state index in [2.05, 4.69) is 0 Å². The number of nitro benzene ring substituents is 1. The minimum Gasteiger partial charge on any atom is -0.478 e. The van der Waals surface area contributed by atoms with Gasteiger partial charge in [-0.3, -0.25) is 10.1 Å². The fourth-order valence-electron chi connectivity index (χ4n) is 2.01. The first-order valence-electron chi connectivity index (χ1n) is 5.59. The molecule has 0 saturated heterocycles. The Morgan fingerprint density at radius 3 is 2.42 bits per heavy atom. The molecule has 0 bridgehead atoms. The van der Waals surface area contributed by atoms with Gasteiger partial charge in [-0.1, -0.05) is 30.3 Å². The van der Waals surface area contributed by atoms with Crippen LogP contribution in [0.25, 0.3) is 11.1 Å². The van der Waals surface area contributed by atoms with Crippen LogP contribution >= 0.6 is 0 Å².